The summed E-state index contributed by atoms with van der Waals surface area (Å²) < 4.78 is 0. The number of hydrazine groups is 1. The molecule has 0 aliphatic carbocycles. The zero-order valence-corrected chi connectivity index (χ0v) is 18.0. The molecule has 0 unspecified atom stereocenters. The molecule has 32 heavy (non-hydrogen) atoms. The van der Waals surface area contributed by atoms with Crippen LogP contribution in [0.15, 0.2) is 72.8 Å². The van der Waals surface area contributed by atoms with Gasteiger partial charge in [0.1, 0.15) is 0 Å². The monoisotopic (exact) mass is 444 g/mol. The molecule has 4 rings (SSSR count). The number of aromatic nitrogens is 1. The first-order valence-corrected chi connectivity index (χ1v) is 10.7. The highest BCUT2D eigenvalue weighted by atomic mass is 32.1. The summed E-state index contributed by atoms with van der Waals surface area (Å²) in [5.41, 5.74) is 7.35. The smallest absolute Gasteiger partial charge is 0.270 e. The van der Waals surface area contributed by atoms with Crippen molar-refractivity contribution in [2.45, 2.75) is 6.92 Å². The van der Waals surface area contributed by atoms with Gasteiger partial charge in [-0.15, -0.1) is 11.3 Å². The minimum atomic E-state index is -0.540. The summed E-state index contributed by atoms with van der Waals surface area (Å²) in [4.78, 5) is 43.2. The number of amides is 3. The number of thiophene rings is 1. The van der Waals surface area contributed by atoms with Crippen LogP contribution < -0.4 is 16.2 Å². The van der Waals surface area contributed by atoms with Crippen molar-refractivity contribution in [3.05, 3.63) is 88.1 Å². The van der Waals surface area contributed by atoms with Crippen LogP contribution in [0.1, 0.15) is 24.9 Å². The topological polar surface area (TPSA) is 100 Å². The van der Waals surface area contributed by atoms with Gasteiger partial charge in [-0.25, -0.2) is 4.98 Å². The van der Waals surface area contributed by atoms with Crippen molar-refractivity contribution in [2.24, 2.45) is 0 Å². The molecule has 2 aromatic heterocycles. The fourth-order valence-electron chi connectivity index (χ4n) is 3.16. The third kappa shape index (κ3) is 4.81. The maximum Gasteiger partial charge on any atom is 0.270 e. The molecule has 2 aromatic carbocycles. The first kappa shape index (κ1) is 21.2. The molecule has 4 aromatic rings. The molecule has 0 radical (unpaired) electrons. The number of aryl methyl sites for hydroxylation is 1. The van der Waals surface area contributed by atoms with Crippen LogP contribution in [-0.2, 0) is 4.79 Å². The third-order valence-corrected chi connectivity index (χ3v) is 5.72. The van der Waals surface area contributed by atoms with Gasteiger partial charge in [0.05, 0.1) is 28.2 Å². The second-order valence-electron chi connectivity index (χ2n) is 7.03. The second kappa shape index (κ2) is 9.40. The van der Waals surface area contributed by atoms with Crippen LogP contribution in [0.2, 0.25) is 0 Å². The van der Waals surface area contributed by atoms with Crippen molar-refractivity contribution in [3.63, 3.8) is 0 Å². The Morgan fingerprint density at radius 2 is 1.62 bits per heavy atom. The predicted octanol–water partition coefficient (Wildman–Crippen LogP) is 3.46. The van der Waals surface area contributed by atoms with Gasteiger partial charge in [0.15, 0.2) is 0 Å². The van der Waals surface area contributed by atoms with E-state index in [1.165, 1.54) is 11.3 Å². The predicted molar refractivity (Wildman–Crippen MR) is 124 cm³/mol. The highest BCUT2D eigenvalue weighted by molar-refractivity contribution is 7.13. The molecule has 160 valence electrons. The van der Waals surface area contributed by atoms with Crippen LogP contribution in [0.5, 0.6) is 0 Å². The van der Waals surface area contributed by atoms with E-state index in [0.717, 1.165) is 10.4 Å². The van der Waals surface area contributed by atoms with Crippen LogP contribution in [0.4, 0.5) is 0 Å². The molecular formula is C24H20N4O3S. The lowest BCUT2D eigenvalue weighted by atomic mass is 10.0. The fraction of sp³-hybridized carbons (Fsp3) is 0.0833. The molecule has 8 heteroatoms. The number of benzene rings is 2. The van der Waals surface area contributed by atoms with Crippen LogP contribution in [0.25, 0.3) is 22.2 Å². The van der Waals surface area contributed by atoms with Gasteiger partial charge in [0.25, 0.3) is 17.7 Å². The Morgan fingerprint density at radius 3 is 2.38 bits per heavy atom. The summed E-state index contributed by atoms with van der Waals surface area (Å²) >= 11 is 1.34. The number of carbonyl (C=O) groups is 3. The number of hydrogen-bond acceptors (Lipinski definition) is 5. The van der Waals surface area contributed by atoms with E-state index in [1.54, 1.807) is 18.2 Å². The summed E-state index contributed by atoms with van der Waals surface area (Å²) in [6, 6.07) is 22.1. The average molecular weight is 445 g/mol. The second-order valence-corrected chi connectivity index (χ2v) is 8.32. The Kier molecular flexibility index (Phi) is 6.23. The number of pyridine rings is 1. The maximum atomic E-state index is 12.9. The Hall–Kier alpha value is -4.04. The van der Waals surface area contributed by atoms with Crippen molar-refractivity contribution >= 4 is 40.0 Å². The van der Waals surface area contributed by atoms with E-state index in [-0.39, 0.29) is 12.5 Å². The minimum absolute atomic E-state index is 0.261. The van der Waals surface area contributed by atoms with Crippen molar-refractivity contribution in [3.8, 4) is 11.3 Å². The number of fused-ring (bicyclic) bond motifs is 1. The van der Waals surface area contributed by atoms with Gasteiger partial charge in [-0.3, -0.25) is 25.2 Å². The van der Waals surface area contributed by atoms with E-state index in [1.807, 2.05) is 61.5 Å². The zero-order chi connectivity index (χ0) is 22.5. The van der Waals surface area contributed by atoms with Gasteiger partial charge in [0, 0.05) is 15.8 Å². The van der Waals surface area contributed by atoms with Gasteiger partial charge in [-0.1, -0.05) is 48.5 Å². The van der Waals surface area contributed by atoms with Gasteiger partial charge in [0.2, 0.25) is 0 Å². The maximum absolute atomic E-state index is 12.9. The number of carbonyl (C=O) groups excluding carboxylic acids is 3. The van der Waals surface area contributed by atoms with E-state index < -0.39 is 11.8 Å². The molecule has 0 spiro atoms. The molecular weight excluding hydrogens is 424 g/mol. The lowest BCUT2D eigenvalue weighted by molar-refractivity contribution is -0.120. The molecule has 0 saturated heterocycles. The van der Waals surface area contributed by atoms with Crippen molar-refractivity contribution in [1.29, 1.82) is 0 Å². The van der Waals surface area contributed by atoms with Crippen molar-refractivity contribution in [2.75, 3.05) is 6.54 Å². The van der Waals surface area contributed by atoms with Crippen molar-refractivity contribution in [1.82, 2.24) is 21.2 Å². The van der Waals surface area contributed by atoms with E-state index in [9.17, 15) is 14.4 Å². The van der Waals surface area contributed by atoms with Gasteiger partial charge < -0.3 is 5.32 Å². The lowest BCUT2D eigenvalue weighted by Crippen LogP contribution is -2.46. The van der Waals surface area contributed by atoms with Gasteiger partial charge in [-0.05, 0) is 31.2 Å². The average Bonchev–Trinajstić information content (AvgIpc) is 3.27. The number of rotatable bonds is 5. The summed E-state index contributed by atoms with van der Waals surface area (Å²) in [7, 11) is 0. The minimum Gasteiger partial charge on any atom is -0.342 e. The fourth-order valence-corrected chi connectivity index (χ4v) is 3.95. The highest BCUT2D eigenvalue weighted by Gasteiger charge is 2.15. The zero-order valence-electron chi connectivity index (χ0n) is 17.2. The molecule has 3 N–H and O–H groups in total. The molecule has 0 aliphatic heterocycles. The molecule has 0 atom stereocenters. The van der Waals surface area contributed by atoms with E-state index >= 15 is 0 Å². The summed E-state index contributed by atoms with van der Waals surface area (Å²) in [6.45, 7) is 1.64. The summed E-state index contributed by atoms with van der Waals surface area (Å²) in [6.07, 6.45) is 0. The Morgan fingerprint density at radius 1 is 0.875 bits per heavy atom. The largest absolute Gasteiger partial charge is 0.342 e. The Balaban J connectivity index is 1.45. The Labute approximate surface area is 188 Å². The third-order valence-electron chi connectivity index (χ3n) is 4.72. The first-order valence-electron chi connectivity index (χ1n) is 9.90. The van der Waals surface area contributed by atoms with Crippen LogP contribution in [0, 0.1) is 6.92 Å². The molecule has 0 saturated carbocycles. The van der Waals surface area contributed by atoms with Crippen molar-refractivity contribution < 1.29 is 14.4 Å². The number of nitrogens with zero attached hydrogens (tertiary/aromatic N) is 1. The summed E-state index contributed by atoms with van der Waals surface area (Å²) in [5, 5.41) is 3.20. The molecule has 0 bridgehead atoms. The SMILES string of the molecule is Cc1ccc(C(=O)NCC(=O)NNC(=O)c2cc(-c3ccccc3)nc3ccccc23)s1. The van der Waals surface area contributed by atoms with Crippen LogP contribution in [-0.4, -0.2) is 29.3 Å². The van der Waals surface area contributed by atoms with E-state index in [4.69, 9.17) is 0 Å². The number of para-hydroxylation sites is 1. The van der Waals surface area contributed by atoms with Gasteiger partial charge in [-0.2, -0.15) is 0 Å². The molecule has 3 amide bonds. The van der Waals surface area contributed by atoms with Crippen LogP contribution in [0.3, 0.4) is 0 Å². The first-order chi connectivity index (χ1) is 15.5. The van der Waals surface area contributed by atoms with Gasteiger partial charge >= 0.3 is 0 Å². The molecule has 0 fully saturated rings. The molecule has 7 nitrogen and oxygen atoms in total. The summed E-state index contributed by atoms with van der Waals surface area (Å²) in [5.74, 6) is -1.35. The van der Waals surface area contributed by atoms with E-state index in [2.05, 4.69) is 21.2 Å². The highest BCUT2D eigenvalue weighted by Crippen LogP contribution is 2.24. The normalized spacial score (nSPS) is 10.5. The standard InChI is InChI=1S/C24H20N4O3S/c1-15-11-12-21(32-15)24(31)25-14-22(29)27-28-23(30)18-13-20(16-7-3-2-4-8-16)26-19-10-6-5-9-17(18)19/h2-13H,14H2,1H3,(H,25,31)(H,27,29)(H,28,30). The van der Waals surface area contributed by atoms with Crippen LogP contribution >= 0.6 is 11.3 Å². The number of hydrogen-bond donors (Lipinski definition) is 3. The Bertz CT molecular complexity index is 1300. The quantitative estimate of drug-likeness (QED) is 0.411. The molecule has 2 heterocycles. The van der Waals surface area contributed by atoms with E-state index in [0.29, 0.717) is 27.0 Å². The number of nitrogens with one attached hydrogen (secondary N) is 3. The lowest BCUT2D eigenvalue weighted by Gasteiger charge is -2.11. The molecule has 0 aliphatic rings.